The molecule has 1 atom stereocenters. The van der Waals surface area contributed by atoms with Crippen LogP contribution in [0.4, 0.5) is 11.4 Å². The van der Waals surface area contributed by atoms with Gasteiger partial charge in [-0.2, -0.15) is 5.10 Å². The molecule has 2 aromatic rings. The van der Waals surface area contributed by atoms with E-state index in [0.717, 1.165) is 36.3 Å². The molecule has 1 aromatic carbocycles. The molecule has 23 heavy (non-hydrogen) atoms. The molecule has 2 heterocycles. The number of amides is 1. The number of carbonyl (C=O) groups is 1. The number of benzene rings is 1. The van der Waals surface area contributed by atoms with Crippen molar-refractivity contribution in [1.82, 2.24) is 9.78 Å². The predicted molar refractivity (Wildman–Crippen MR) is 92.8 cm³/mol. The molecule has 0 unspecified atom stereocenters. The van der Waals surface area contributed by atoms with Crippen molar-refractivity contribution >= 4 is 17.3 Å². The van der Waals surface area contributed by atoms with Crippen molar-refractivity contribution in [2.24, 2.45) is 7.05 Å². The summed E-state index contributed by atoms with van der Waals surface area (Å²) >= 11 is 0. The van der Waals surface area contributed by atoms with E-state index in [1.54, 1.807) is 4.68 Å². The monoisotopic (exact) mass is 312 g/mol. The molecule has 5 heteroatoms. The summed E-state index contributed by atoms with van der Waals surface area (Å²) in [5.41, 5.74) is 3.26. The molecule has 0 spiro atoms. The molecule has 5 nitrogen and oxygen atoms in total. The number of aromatic nitrogens is 2. The fourth-order valence-corrected chi connectivity index (χ4v) is 3.21. The van der Waals surface area contributed by atoms with Crippen molar-refractivity contribution in [2.45, 2.75) is 32.2 Å². The van der Waals surface area contributed by atoms with Gasteiger partial charge in [0, 0.05) is 39.3 Å². The molecule has 1 aliphatic rings. The molecule has 0 N–H and O–H groups in total. The van der Waals surface area contributed by atoms with Gasteiger partial charge in [0.05, 0.1) is 17.6 Å². The first-order chi connectivity index (χ1) is 11.1. The zero-order valence-electron chi connectivity index (χ0n) is 14.1. The van der Waals surface area contributed by atoms with Crippen LogP contribution in [0.15, 0.2) is 36.7 Å². The summed E-state index contributed by atoms with van der Waals surface area (Å²) in [5, 5.41) is 4.17. The third-order valence-corrected chi connectivity index (χ3v) is 4.53. The highest BCUT2D eigenvalue weighted by Gasteiger charge is 2.27. The van der Waals surface area contributed by atoms with Gasteiger partial charge >= 0.3 is 0 Å². The van der Waals surface area contributed by atoms with Gasteiger partial charge in [0.25, 0.3) is 0 Å². The van der Waals surface area contributed by atoms with Crippen LogP contribution < -0.4 is 9.80 Å². The number of para-hydroxylation sites is 2. The second-order valence-electron chi connectivity index (χ2n) is 6.33. The zero-order valence-corrected chi connectivity index (χ0v) is 14.1. The van der Waals surface area contributed by atoms with Gasteiger partial charge in [0.2, 0.25) is 5.91 Å². The maximum absolute atomic E-state index is 12.9. The number of hydrogen-bond acceptors (Lipinski definition) is 3. The number of anilines is 2. The summed E-state index contributed by atoms with van der Waals surface area (Å²) in [6.45, 7) is 3.10. The van der Waals surface area contributed by atoms with Crippen LogP contribution in [0, 0.1) is 0 Å². The molecule has 0 radical (unpaired) electrons. The van der Waals surface area contributed by atoms with Crippen LogP contribution in [0.2, 0.25) is 0 Å². The molecular formula is C18H24N4O. The van der Waals surface area contributed by atoms with E-state index < -0.39 is 0 Å². The van der Waals surface area contributed by atoms with E-state index in [1.165, 1.54) is 0 Å². The van der Waals surface area contributed by atoms with Gasteiger partial charge in [0.1, 0.15) is 0 Å². The van der Waals surface area contributed by atoms with Gasteiger partial charge in [-0.15, -0.1) is 0 Å². The Hall–Kier alpha value is -2.30. The third-order valence-electron chi connectivity index (χ3n) is 4.53. The molecule has 3 rings (SSSR count). The SMILES string of the molecule is C[C@@H]1CCN(C)c2ccccc2N1C(=O)CCc1cnn(C)c1. The van der Waals surface area contributed by atoms with Crippen molar-refractivity contribution in [1.29, 1.82) is 0 Å². The Morgan fingerprint density at radius 3 is 2.70 bits per heavy atom. The number of carbonyl (C=O) groups excluding carboxylic acids is 1. The lowest BCUT2D eigenvalue weighted by Crippen LogP contribution is -2.38. The van der Waals surface area contributed by atoms with E-state index in [2.05, 4.69) is 36.1 Å². The fourth-order valence-electron chi connectivity index (χ4n) is 3.21. The minimum absolute atomic E-state index is 0.184. The molecule has 122 valence electrons. The lowest BCUT2D eigenvalue weighted by atomic mass is 10.1. The number of fused-ring (bicyclic) bond motifs is 1. The van der Waals surface area contributed by atoms with Crippen molar-refractivity contribution < 1.29 is 4.79 Å². The smallest absolute Gasteiger partial charge is 0.227 e. The molecule has 0 saturated carbocycles. The molecule has 1 amide bonds. The molecule has 0 saturated heterocycles. The largest absolute Gasteiger partial charge is 0.373 e. The predicted octanol–water partition coefficient (Wildman–Crippen LogP) is 2.61. The molecule has 1 aliphatic heterocycles. The van der Waals surface area contributed by atoms with Crippen LogP contribution in [0.3, 0.4) is 0 Å². The van der Waals surface area contributed by atoms with Crippen molar-refractivity contribution in [3.05, 3.63) is 42.2 Å². The first kappa shape index (κ1) is 15.6. The van der Waals surface area contributed by atoms with Gasteiger partial charge in [-0.05, 0) is 37.5 Å². The fraction of sp³-hybridized carbons (Fsp3) is 0.444. The van der Waals surface area contributed by atoms with Crippen LogP contribution in [-0.2, 0) is 18.3 Å². The van der Waals surface area contributed by atoms with E-state index >= 15 is 0 Å². The van der Waals surface area contributed by atoms with E-state index in [1.807, 2.05) is 36.5 Å². The van der Waals surface area contributed by atoms with Gasteiger partial charge in [0.15, 0.2) is 0 Å². The van der Waals surface area contributed by atoms with Gasteiger partial charge in [-0.25, -0.2) is 0 Å². The van der Waals surface area contributed by atoms with Gasteiger partial charge in [-0.3, -0.25) is 9.48 Å². The Balaban J connectivity index is 1.81. The first-order valence-electron chi connectivity index (χ1n) is 8.16. The van der Waals surface area contributed by atoms with E-state index in [-0.39, 0.29) is 11.9 Å². The van der Waals surface area contributed by atoms with Gasteiger partial charge in [-0.1, -0.05) is 12.1 Å². The second kappa shape index (κ2) is 6.44. The Kier molecular flexibility index (Phi) is 4.37. The van der Waals surface area contributed by atoms with Crippen molar-refractivity contribution in [2.75, 3.05) is 23.4 Å². The standard InChI is InChI=1S/C18H24N4O/c1-14-10-11-20(2)16-6-4-5-7-17(16)22(14)18(23)9-8-15-12-19-21(3)13-15/h4-7,12-14H,8-11H2,1-3H3/t14-/m1/s1. The van der Waals surface area contributed by atoms with E-state index in [9.17, 15) is 4.79 Å². The first-order valence-corrected chi connectivity index (χ1v) is 8.16. The highest BCUT2D eigenvalue weighted by atomic mass is 16.2. The van der Waals surface area contributed by atoms with Crippen LogP contribution >= 0.6 is 0 Å². The molecule has 0 aliphatic carbocycles. The minimum Gasteiger partial charge on any atom is -0.373 e. The van der Waals surface area contributed by atoms with Crippen LogP contribution in [0.1, 0.15) is 25.3 Å². The lowest BCUT2D eigenvalue weighted by molar-refractivity contribution is -0.119. The number of rotatable bonds is 3. The quantitative estimate of drug-likeness (QED) is 0.875. The summed E-state index contributed by atoms with van der Waals surface area (Å²) in [4.78, 5) is 17.1. The third kappa shape index (κ3) is 3.23. The van der Waals surface area contributed by atoms with E-state index in [4.69, 9.17) is 0 Å². The van der Waals surface area contributed by atoms with E-state index in [0.29, 0.717) is 6.42 Å². The summed E-state index contributed by atoms with van der Waals surface area (Å²) < 4.78 is 1.78. The van der Waals surface area contributed by atoms with Crippen molar-refractivity contribution in [3.8, 4) is 0 Å². The Morgan fingerprint density at radius 1 is 1.26 bits per heavy atom. The molecular weight excluding hydrogens is 288 g/mol. The Bertz CT molecular complexity index is 694. The summed E-state index contributed by atoms with van der Waals surface area (Å²) in [6, 6.07) is 8.39. The summed E-state index contributed by atoms with van der Waals surface area (Å²) in [7, 11) is 3.99. The van der Waals surface area contributed by atoms with Crippen LogP contribution in [0.5, 0.6) is 0 Å². The summed E-state index contributed by atoms with van der Waals surface area (Å²) in [5.74, 6) is 0.184. The highest BCUT2D eigenvalue weighted by Crippen LogP contribution is 2.34. The van der Waals surface area contributed by atoms with Gasteiger partial charge < -0.3 is 9.80 Å². The maximum atomic E-state index is 12.9. The maximum Gasteiger partial charge on any atom is 0.227 e. The molecule has 0 fully saturated rings. The number of hydrogen-bond donors (Lipinski definition) is 0. The Labute approximate surface area is 137 Å². The van der Waals surface area contributed by atoms with Crippen LogP contribution in [-0.4, -0.2) is 35.3 Å². The topological polar surface area (TPSA) is 41.4 Å². The second-order valence-corrected chi connectivity index (χ2v) is 6.33. The van der Waals surface area contributed by atoms with Crippen LogP contribution in [0.25, 0.3) is 0 Å². The Morgan fingerprint density at radius 2 is 2.00 bits per heavy atom. The average Bonchev–Trinajstić information content (AvgIpc) is 2.91. The normalized spacial score (nSPS) is 17.8. The van der Waals surface area contributed by atoms with Crippen molar-refractivity contribution in [3.63, 3.8) is 0 Å². The molecule has 1 aromatic heterocycles. The number of aryl methyl sites for hydroxylation is 2. The average molecular weight is 312 g/mol. The lowest BCUT2D eigenvalue weighted by Gasteiger charge is -2.28. The zero-order chi connectivity index (χ0) is 16.4. The molecule has 0 bridgehead atoms. The highest BCUT2D eigenvalue weighted by molar-refractivity contribution is 5.97. The minimum atomic E-state index is 0.184. The number of nitrogens with zero attached hydrogens (tertiary/aromatic N) is 4. The summed E-state index contributed by atoms with van der Waals surface area (Å²) in [6.07, 6.45) is 6.02.